The van der Waals surface area contributed by atoms with Crippen LogP contribution in [0.15, 0.2) is 84.9 Å². The summed E-state index contributed by atoms with van der Waals surface area (Å²) in [5.74, 6) is 0. The predicted molar refractivity (Wildman–Crippen MR) is 190 cm³/mol. The van der Waals surface area contributed by atoms with Gasteiger partial charge in [-0.1, -0.05) is 114 Å². The summed E-state index contributed by atoms with van der Waals surface area (Å²) in [6.07, 6.45) is 12.8. The molecule has 0 spiro atoms. The van der Waals surface area contributed by atoms with Crippen LogP contribution in [-0.2, 0) is 5.41 Å². The van der Waals surface area contributed by atoms with Crippen LogP contribution in [-0.4, -0.2) is 28.2 Å². The second kappa shape index (κ2) is 13.8. The Morgan fingerprint density at radius 2 is 0.814 bits per heavy atom. The molecular formula is C41H52N2. The molecule has 1 aliphatic carbocycles. The maximum absolute atomic E-state index is 2.56. The molecule has 0 N–H and O–H groups in total. The van der Waals surface area contributed by atoms with Gasteiger partial charge in [0.15, 0.2) is 0 Å². The van der Waals surface area contributed by atoms with Gasteiger partial charge in [0.05, 0.1) is 0 Å². The highest BCUT2D eigenvalue weighted by Crippen LogP contribution is 2.55. The van der Waals surface area contributed by atoms with Crippen LogP contribution in [0, 0.1) is 0 Å². The van der Waals surface area contributed by atoms with Crippen LogP contribution in [0.1, 0.15) is 89.2 Å². The molecular weight excluding hydrogens is 520 g/mol. The molecule has 0 bridgehead atoms. The first-order valence-electron chi connectivity index (χ1n) is 16.7. The standard InChI is InChI=1S/C41H52N2/c1-7-9-11-13-27-41(28-14-12-10-8-2)39-29-33(31-15-21-35(22-16-31)42(3)4)19-25-37(39)38-26-20-34(30-40(38)41)32-17-23-36(24-18-32)43(5)6/h15-26,29-30H,7-14,27-28H2,1-6H3. The monoisotopic (exact) mass is 572 g/mol. The van der Waals surface area contributed by atoms with Crippen molar-refractivity contribution in [2.45, 2.75) is 83.5 Å². The highest BCUT2D eigenvalue weighted by atomic mass is 15.1. The van der Waals surface area contributed by atoms with Gasteiger partial charge in [-0.2, -0.15) is 0 Å². The molecule has 0 unspecified atom stereocenters. The van der Waals surface area contributed by atoms with Crippen molar-refractivity contribution in [3.63, 3.8) is 0 Å². The van der Waals surface area contributed by atoms with E-state index in [0.29, 0.717) is 0 Å². The van der Waals surface area contributed by atoms with Crippen LogP contribution in [0.4, 0.5) is 11.4 Å². The van der Waals surface area contributed by atoms with Crippen LogP contribution >= 0.6 is 0 Å². The highest BCUT2D eigenvalue weighted by Gasteiger charge is 2.42. The number of benzene rings is 4. The first kappa shape index (κ1) is 30.9. The van der Waals surface area contributed by atoms with Crippen molar-refractivity contribution >= 4 is 11.4 Å². The van der Waals surface area contributed by atoms with Gasteiger partial charge in [-0.15, -0.1) is 0 Å². The van der Waals surface area contributed by atoms with Gasteiger partial charge < -0.3 is 9.80 Å². The van der Waals surface area contributed by atoms with E-state index in [2.05, 4.69) is 137 Å². The second-order valence-electron chi connectivity index (χ2n) is 13.1. The van der Waals surface area contributed by atoms with Gasteiger partial charge in [0.2, 0.25) is 0 Å². The lowest BCUT2D eigenvalue weighted by molar-refractivity contribution is 0.401. The first-order valence-corrected chi connectivity index (χ1v) is 16.7. The topological polar surface area (TPSA) is 6.48 Å². The third-order valence-corrected chi connectivity index (χ3v) is 9.71. The quantitative estimate of drug-likeness (QED) is 0.139. The zero-order valence-electron chi connectivity index (χ0n) is 27.5. The molecule has 43 heavy (non-hydrogen) atoms. The van der Waals surface area contributed by atoms with E-state index in [1.807, 2.05) is 0 Å². The summed E-state index contributed by atoms with van der Waals surface area (Å²) >= 11 is 0. The molecule has 0 saturated heterocycles. The smallest absolute Gasteiger partial charge is 0.0361 e. The molecule has 0 atom stereocenters. The van der Waals surface area contributed by atoms with E-state index in [-0.39, 0.29) is 5.41 Å². The maximum Gasteiger partial charge on any atom is 0.0361 e. The van der Waals surface area contributed by atoms with Gasteiger partial charge in [-0.25, -0.2) is 0 Å². The molecule has 0 fully saturated rings. The normalized spacial score (nSPS) is 13.1. The van der Waals surface area contributed by atoms with Crippen LogP contribution in [0.3, 0.4) is 0 Å². The highest BCUT2D eigenvalue weighted by molar-refractivity contribution is 5.86. The van der Waals surface area contributed by atoms with E-state index in [1.165, 1.54) is 109 Å². The molecule has 0 amide bonds. The molecule has 2 heteroatoms. The molecule has 2 nitrogen and oxygen atoms in total. The predicted octanol–water partition coefficient (Wildman–Crippen LogP) is 11.4. The summed E-state index contributed by atoms with van der Waals surface area (Å²) < 4.78 is 0. The molecule has 4 aromatic rings. The van der Waals surface area contributed by atoms with Crippen LogP contribution in [0.2, 0.25) is 0 Å². The van der Waals surface area contributed by atoms with E-state index < -0.39 is 0 Å². The third-order valence-electron chi connectivity index (χ3n) is 9.71. The van der Waals surface area contributed by atoms with Crippen molar-refractivity contribution in [1.29, 1.82) is 0 Å². The number of nitrogens with zero attached hydrogens (tertiary/aromatic N) is 2. The van der Waals surface area contributed by atoms with E-state index in [4.69, 9.17) is 0 Å². The van der Waals surface area contributed by atoms with Gasteiger partial charge in [-0.05, 0) is 93.7 Å². The number of fused-ring (bicyclic) bond motifs is 3. The molecule has 226 valence electrons. The summed E-state index contributed by atoms with van der Waals surface area (Å²) in [4.78, 5) is 4.35. The minimum atomic E-state index is 0.0608. The fraction of sp³-hybridized carbons (Fsp3) is 0.415. The fourth-order valence-electron chi connectivity index (χ4n) is 7.13. The summed E-state index contributed by atoms with van der Waals surface area (Å²) in [6.45, 7) is 4.64. The van der Waals surface area contributed by atoms with Gasteiger partial charge in [-0.3, -0.25) is 0 Å². The first-order chi connectivity index (χ1) is 20.9. The Morgan fingerprint density at radius 1 is 0.442 bits per heavy atom. The van der Waals surface area contributed by atoms with Crippen molar-refractivity contribution in [2.75, 3.05) is 38.0 Å². The number of hydrogen-bond acceptors (Lipinski definition) is 2. The Kier molecular flexibility index (Phi) is 9.96. The average molecular weight is 573 g/mol. The molecule has 0 aliphatic heterocycles. The molecule has 0 heterocycles. The zero-order valence-corrected chi connectivity index (χ0v) is 27.5. The molecule has 0 saturated carbocycles. The van der Waals surface area contributed by atoms with Crippen molar-refractivity contribution < 1.29 is 0 Å². The lowest BCUT2D eigenvalue weighted by Gasteiger charge is -2.33. The summed E-state index contributed by atoms with van der Waals surface area (Å²) in [6, 6.07) is 32.8. The van der Waals surface area contributed by atoms with Crippen molar-refractivity contribution in [2.24, 2.45) is 0 Å². The van der Waals surface area contributed by atoms with Gasteiger partial charge >= 0.3 is 0 Å². The Morgan fingerprint density at radius 3 is 1.16 bits per heavy atom. The van der Waals surface area contributed by atoms with Crippen LogP contribution in [0.5, 0.6) is 0 Å². The molecule has 4 aromatic carbocycles. The Hall–Kier alpha value is -3.52. The number of unbranched alkanes of at least 4 members (excludes halogenated alkanes) is 6. The van der Waals surface area contributed by atoms with Gasteiger partial charge in [0.25, 0.3) is 0 Å². The number of rotatable bonds is 14. The van der Waals surface area contributed by atoms with E-state index >= 15 is 0 Å². The van der Waals surface area contributed by atoms with Gasteiger partial charge in [0.1, 0.15) is 0 Å². The summed E-state index contributed by atoms with van der Waals surface area (Å²) in [5, 5.41) is 0. The largest absolute Gasteiger partial charge is 0.378 e. The second-order valence-corrected chi connectivity index (χ2v) is 13.1. The summed E-state index contributed by atoms with van der Waals surface area (Å²) in [5.41, 5.74) is 13.8. The molecule has 1 aliphatic rings. The molecule has 0 radical (unpaired) electrons. The average Bonchev–Trinajstić information content (AvgIpc) is 3.30. The lowest BCUT2D eigenvalue weighted by Crippen LogP contribution is -2.25. The van der Waals surface area contributed by atoms with Crippen molar-refractivity contribution in [3.05, 3.63) is 96.1 Å². The van der Waals surface area contributed by atoms with E-state index in [9.17, 15) is 0 Å². The summed E-state index contributed by atoms with van der Waals surface area (Å²) in [7, 11) is 8.44. The third kappa shape index (κ3) is 6.54. The Bertz CT molecular complexity index is 1360. The fourth-order valence-corrected chi connectivity index (χ4v) is 7.13. The zero-order chi connectivity index (χ0) is 30.4. The Labute approximate surface area is 261 Å². The minimum absolute atomic E-state index is 0.0608. The SMILES string of the molecule is CCCCCCC1(CCCCCC)c2cc(-c3ccc(N(C)C)cc3)ccc2-c2ccc(-c3ccc(N(C)C)cc3)cc21. The minimum Gasteiger partial charge on any atom is -0.378 e. The maximum atomic E-state index is 2.56. The number of hydrogen-bond donors (Lipinski definition) is 0. The van der Waals surface area contributed by atoms with Crippen LogP contribution < -0.4 is 9.80 Å². The van der Waals surface area contributed by atoms with Crippen molar-refractivity contribution in [3.8, 4) is 33.4 Å². The van der Waals surface area contributed by atoms with E-state index in [0.717, 1.165) is 0 Å². The lowest BCUT2D eigenvalue weighted by atomic mass is 9.70. The Balaban J connectivity index is 1.62. The van der Waals surface area contributed by atoms with Crippen LogP contribution in [0.25, 0.3) is 33.4 Å². The molecule has 0 aromatic heterocycles. The van der Waals surface area contributed by atoms with E-state index in [1.54, 1.807) is 11.1 Å². The molecule has 5 rings (SSSR count). The number of anilines is 2. The van der Waals surface area contributed by atoms with Crippen molar-refractivity contribution in [1.82, 2.24) is 0 Å². The van der Waals surface area contributed by atoms with Gasteiger partial charge in [0, 0.05) is 45.0 Å².